The fourth-order valence-electron chi connectivity index (χ4n) is 7.17. The van der Waals surface area contributed by atoms with Crippen molar-refractivity contribution >= 4 is 75.0 Å². The van der Waals surface area contributed by atoms with Gasteiger partial charge < -0.3 is 4.42 Å². The van der Waals surface area contributed by atoms with E-state index in [0.29, 0.717) is 17.5 Å². The number of furan rings is 1. The first-order chi connectivity index (χ1) is 26.2. The largest absolute Gasteiger partial charge is 0.456 e. The molecule has 248 valence electrons. The van der Waals surface area contributed by atoms with Crippen molar-refractivity contribution in [1.82, 2.24) is 19.9 Å². The van der Waals surface area contributed by atoms with E-state index in [1.54, 1.807) is 11.3 Å². The third-order valence-corrected chi connectivity index (χ3v) is 12.1. The van der Waals surface area contributed by atoms with Crippen LogP contribution in [-0.2, 0) is 0 Å². The first-order valence-electron chi connectivity index (χ1n) is 17.4. The molecule has 0 amide bonds. The van der Waals surface area contributed by atoms with E-state index in [4.69, 9.17) is 24.4 Å². The summed E-state index contributed by atoms with van der Waals surface area (Å²) >= 11 is 3.58. The maximum Gasteiger partial charge on any atom is 0.164 e. The van der Waals surface area contributed by atoms with Crippen molar-refractivity contribution in [2.45, 2.75) is 0 Å². The van der Waals surface area contributed by atoms with Crippen LogP contribution in [0.2, 0.25) is 0 Å². The zero-order valence-corrected chi connectivity index (χ0v) is 29.7. The van der Waals surface area contributed by atoms with E-state index >= 15 is 0 Å². The number of thiophene rings is 1. The number of aromatic nitrogens is 4. The van der Waals surface area contributed by atoms with Crippen molar-refractivity contribution in [1.29, 1.82) is 0 Å². The molecule has 0 atom stereocenters. The molecule has 0 aliphatic carbocycles. The number of nitrogens with zero attached hydrogens (tertiary/aromatic N) is 4. The van der Waals surface area contributed by atoms with E-state index in [1.165, 1.54) is 30.4 Å². The van der Waals surface area contributed by atoms with E-state index in [9.17, 15) is 0 Å². The molecule has 4 heterocycles. The van der Waals surface area contributed by atoms with Gasteiger partial charge in [-0.2, -0.15) is 0 Å². The Morgan fingerprint density at radius 1 is 0.377 bits per heavy atom. The third-order valence-electron chi connectivity index (χ3n) is 9.80. The highest BCUT2D eigenvalue weighted by Gasteiger charge is 2.17. The van der Waals surface area contributed by atoms with Gasteiger partial charge in [0, 0.05) is 53.2 Å². The quantitative estimate of drug-likeness (QED) is 0.178. The zero-order chi connectivity index (χ0) is 34.9. The van der Waals surface area contributed by atoms with Crippen molar-refractivity contribution in [2.75, 3.05) is 0 Å². The van der Waals surface area contributed by atoms with Crippen LogP contribution in [0.25, 0.3) is 108 Å². The van der Waals surface area contributed by atoms with Crippen LogP contribution in [0.4, 0.5) is 0 Å². The van der Waals surface area contributed by atoms with Gasteiger partial charge in [-0.1, -0.05) is 115 Å². The van der Waals surface area contributed by atoms with Crippen molar-refractivity contribution in [3.8, 4) is 55.9 Å². The molecular formula is C46H26N4OS2. The average molecular weight is 715 g/mol. The molecule has 7 aromatic carbocycles. The second-order valence-corrected chi connectivity index (χ2v) is 15.1. The Morgan fingerprint density at radius 3 is 1.89 bits per heavy atom. The van der Waals surface area contributed by atoms with E-state index in [2.05, 4.69) is 97.1 Å². The first-order valence-corrected chi connectivity index (χ1v) is 19.0. The molecule has 53 heavy (non-hydrogen) atoms. The number of para-hydroxylation sites is 2. The molecule has 11 rings (SSSR count). The van der Waals surface area contributed by atoms with Crippen LogP contribution in [0.5, 0.6) is 0 Å². The number of fused-ring (bicyclic) bond motifs is 7. The summed E-state index contributed by atoms with van der Waals surface area (Å²) in [5.41, 5.74) is 8.94. The van der Waals surface area contributed by atoms with Crippen LogP contribution in [0, 0.1) is 0 Å². The smallest absolute Gasteiger partial charge is 0.164 e. The maximum atomic E-state index is 6.21. The lowest BCUT2D eigenvalue weighted by atomic mass is 10.0. The Bertz CT molecular complexity index is 3150. The van der Waals surface area contributed by atoms with Crippen LogP contribution < -0.4 is 0 Å². The van der Waals surface area contributed by atoms with Gasteiger partial charge in [0.2, 0.25) is 0 Å². The highest BCUT2D eigenvalue weighted by molar-refractivity contribution is 7.26. The standard InChI is InChI=1S/C46H26N4OS2/c1-2-9-28(10-3-1)43-48-44(50-45(49-43)30-21-23-34-33-11-4-6-15-38(33)51-39(34)26-30)29-19-17-27(18-20-29)32-12-8-13-35-36-25-31(22-24-40(36)52-42(32)35)46-47-37-14-5-7-16-41(37)53-46/h1-26H. The Balaban J connectivity index is 0.984. The van der Waals surface area contributed by atoms with Crippen LogP contribution in [0.15, 0.2) is 162 Å². The normalized spacial score (nSPS) is 11.8. The van der Waals surface area contributed by atoms with Crippen molar-refractivity contribution in [2.24, 2.45) is 0 Å². The molecule has 0 spiro atoms. The van der Waals surface area contributed by atoms with Gasteiger partial charge in [-0.3, -0.25) is 0 Å². The highest BCUT2D eigenvalue weighted by Crippen LogP contribution is 2.42. The van der Waals surface area contributed by atoms with Gasteiger partial charge in [0.1, 0.15) is 16.2 Å². The molecule has 0 aliphatic heterocycles. The minimum atomic E-state index is 0.598. The number of hydrogen-bond acceptors (Lipinski definition) is 7. The van der Waals surface area contributed by atoms with Gasteiger partial charge in [0.25, 0.3) is 0 Å². The van der Waals surface area contributed by atoms with Crippen LogP contribution in [0.1, 0.15) is 0 Å². The molecule has 0 N–H and O–H groups in total. The van der Waals surface area contributed by atoms with Crippen molar-refractivity contribution in [3.05, 3.63) is 158 Å². The van der Waals surface area contributed by atoms with Crippen molar-refractivity contribution < 1.29 is 4.42 Å². The van der Waals surface area contributed by atoms with Gasteiger partial charge in [-0.15, -0.1) is 22.7 Å². The summed E-state index contributed by atoms with van der Waals surface area (Å²) in [6, 6.07) is 54.6. The zero-order valence-electron chi connectivity index (χ0n) is 28.0. The second-order valence-electron chi connectivity index (χ2n) is 13.0. The number of rotatable bonds is 5. The molecule has 11 aromatic rings. The number of benzene rings is 7. The molecule has 5 nitrogen and oxygen atoms in total. The molecule has 0 bridgehead atoms. The second kappa shape index (κ2) is 12.0. The number of hydrogen-bond donors (Lipinski definition) is 0. The maximum absolute atomic E-state index is 6.21. The molecule has 0 fully saturated rings. The molecule has 7 heteroatoms. The fourth-order valence-corrected chi connectivity index (χ4v) is 9.35. The van der Waals surface area contributed by atoms with E-state index in [0.717, 1.165) is 60.3 Å². The van der Waals surface area contributed by atoms with Crippen LogP contribution >= 0.6 is 22.7 Å². The molecule has 0 aliphatic rings. The lowest BCUT2D eigenvalue weighted by Gasteiger charge is -2.09. The average Bonchev–Trinajstić information content (AvgIpc) is 3.94. The Kier molecular flexibility index (Phi) is 6.83. The monoisotopic (exact) mass is 714 g/mol. The summed E-state index contributed by atoms with van der Waals surface area (Å²) in [6.45, 7) is 0. The summed E-state index contributed by atoms with van der Waals surface area (Å²) < 4.78 is 9.95. The third kappa shape index (κ3) is 5.12. The van der Waals surface area contributed by atoms with Crippen LogP contribution in [-0.4, -0.2) is 19.9 Å². The summed E-state index contributed by atoms with van der Waals surface area (Å²) in [6.07, 6.45) is 0. The number of thiazole rings is 1. The van der Waals surface area contributed by atoms with Gasteiger partial charge in [-0.25, -0.2) is 19.9 Å². The summed E-state index contributed by atoms with van der Waals surface area (Å²) in [7, 11) is 0. The molecule has 0 radical (unpaired) electrons. The molecular weight excluding hydrogens is 689 g/mol. The van der Waals surface area contributed by atoms with Crippen LogP contribution in [0.3, 0.4) is 0 Å². The van der Waals surface area contributed by atoms with Gasteiger partial charge in [0.15, 0.2) is 17.5 Å². The Labute approximate surface area is 311 Å². The van der Waals surface area contributed by atoms with Gasteiger partial charge in [0.05, 0.1) is 10.2 Å². The predicted octanol–water partition coefficient (Wildman–Crippen LogP) is 13.1. The lowest BCUT2D eigenvalue weighted by Crippen LogP contribution is -2.00. The SMILES string of the molecule is c1ccc(-c2nc(-c3ccc(-c4cccc5c4sc4ccc(-c6nc7ccccc7s6)cc45)cc3)nc(-c3ccc4c(c3)oc3ccccc34)n2)cc1. The van der Waals surface area contributed by atoms with E-state index in [-0.39, 0.29) is 0 Å². The minimum Gasteiger partial charge on any atom is -0.456 e. The molecule has 0 saturated carbocycles. The topological polar surface area (TPSA) is 64.7 Å². The molecule has 0 saturated heterocycles. The van der Waals surface area contributed by atoms with Gasteiger partial charge >= 0.3 is 0 Å². The minimum absolute atomic E-state index is 0.598. The van der Waals surface area contributed by atoms with E-state index in [1.807, 2.05) is 72.0 Å². The summed E-state index contributed by atoms with van der Waals surface area (Å²) in [5, 5.41) is 5.72. The first kappa shape index (κ1) is 30.1. The Morgan fingerprint density at radius 2 is 1.04 bits per heavy atom. The summed E-state index contributed by atoms with van der Waals surface area (Å²) in [4.78, 5) is 19.9. The predicted molar refractivity (Wildman–Crippen MR) is 220 cm³/mol. The van der Waals surface area contributed by atoms with Gasteiger partial charge in [-0.05, 0) is 53.6 Å². The Hall–Kier alpha value is -6.54. The molecule has 0 unspecified atom stereocenters. The highest BCUT2D eigenvalue weighted by atomic mass is 32.1. The fraction of sp³-hybridized carbons (Fsp3) is 0. The summed E-state index contributed by atoms with van der Waals surface area (Å²) in [5.74, 6) is 1.84. The molecule has 4 aromatic heterocycles. The van der Waals surface area contributed by atoms with Crippen molar-refractivity contribution in [3.63, 3.8) is 0 Å². The lowest BCUT2D eigenvalue weighted by molar-refractivity contribution is 0.669. The van der Waals surface area contributed by atoms with E-state index < -0.39 is 0 Å².